The fourth-order valence-corrected chi connectivity index (χ4v) is 2.66. The number of hydrogen-bond acceptors (Lipinski definition) is 4. The van der Waals surface area contributed by atoms with Crippen LogP contribution in [-0.2, 0) is 14.3 Å². The lowest BCUT2D eigenvalue weighted by atomic mass is 9.97. The van der Waals surface area contributed by atoms with Gasteiger partial charge < -0.3 is 9.47 Å². The molecule has 1 N–H and O–H groups in total. The van der Waals surface area contributed by atoms with E-state index in [1.165, 1.54) is 20.0 Å². The summed E-state index contributed by atoms with van der Waals surface area (Å²) in [6.45, 7) is 5.06. The zero-order chi connectivity index (χ0) is 13.2. The summed E-state index contributed by atoms with van der Waals surface area (Å²) in [4.78, 5) is 12.0. The van der Waals surface area contributed by atoms with Crippen LogP contribution in [0.5, 0.6) is 0 Å². The third-order valence-electron chi connectivity index (χ3n) is 3.77. The van der Waals surface area contributed by atoms with Crippen LogP contribution in [0.2, 0.25) is 0 Å². The van der Waals surface area contributed by atoms with Crippen molar-refractivity contribution >= 4 is 5.97 Å². The van der Waals surface area contributed by atoms with Gasteiger partial charge in [0.05, 0.1) is 13.2 Å². The number of ether oxygens (including phenoxy) is 2. The number of esters is 1. The summed E-state index contributed by atoms with van der Waals surface area (Å²) >= 11 is 0. The number of rotatable bonds is 6. The lowest BCUT2D eigenvalue weighted by Gasteiger charge is -2.28. The van der Waals surface area contributed by atoms with Gasteiger partial charge in [-0.2, -0.15) is 0 Å². The quantitative estimate of drug-likeness (QED) is 0.736. The van der Waals surface area contributed by atoms with E-state index in [2.05, 4.69) is 19.2 Å². The Morgan fingerprint density at radius 2 is 2.11 bits per heavy atom. The Morgan fingerprint density at radius 1 is 1.39 bits per heavy atom. The molecule has 0 aliphatic heterocycles. The minimum absolute atomic E-state index is 0.120. The lowest BCUT2D eigenvalue weighted by molar-refractivity contribution is -0.149. The maximum atomic E-state index is 12.0. The smallest absolute Gasteiger partial charge is 0.326 e. The van der Waals surface area contributed by atoms with Crippen molar-refractivity contribution in [2.75, 3.05) is 13.7 Å². The van der Waals surface area contributed by atoms with Crippen LogP contribution in [0.25, 0.3) is 0 Å². The van der Waals surface area contributed by atoms with E-state index in [1.54, 1.807) is 0 Å². The Balaban J connectivity index is 1.92. The highest BCUT2D eigenvalue weighted by Gasteiger charge is 2.49. The van der Waals surface area contributed by atoms with E-state index in [9.17, 15) is 4.79 Å². The van der Waals surface area contributed by atoms with Gasteiger partial charge in [-0.3, -0.25) is 10.1 Å². The Kier molecular flexibility index (Phi) is 4.28. The first-order valence-corrected chi connectivity index (χ1v) is 7.03. The predicted molar refractivity (Wildman–Crippen MR) is 69.3 cm³/mol. The first-order chi connectivity index (χ1) is 8.55. The van der Waals surface area contributed by atoms with Gasteiger partial charge in [0.15, 0.2) is 0 Å². The Bertz CT molecular complexity index is 301. The van der Waals surface area contributed by atoms with E-state index in [4.69, 9.17) is 9.47 Å². The highest BCUT2D eigenvalue weighted by atomic mass is 16.5. The van der Waals surface area contributed by atoms with Gasteiger partial charge >= 0.3 is 5.97 Å². The van der Waals surface area contributed by atoms with Gasteiger partial charge in [-0.05, 0) is 31.6 Å². The van der Waals surface area contributed by atoms with Gasteiger partial charge in [-0.25, -0.2) is 0 Å². The molecule has 0 amide bonds. The summed E-state index contributed by atoms with van der Waals surface area (Å²) in [7, 11) is 1.47. The summed E-state index contributed by atoms with van der Waals surface area (Å²) < 4.78 is 10.9. The number of hydrogen-bond donors (Lipinski definition) is 1. The van der Waals surface area contributed by atoms with Crippen LogP contribution in [0.15, 0.2) is 0 Å². The molecule has 4 heteroatoms. The molecule has 4 nitrogen and oxygen atoms in total. The van der Waals surface area contributed by atoms with Crippen LogP contribution in [-0.4, -0.2) is 37.4 Å². The summed E-state index contributed by atoms with van der Waals surface area (Å²) in [6, 6.07) is 0.507. The normalized spacial score (nSPS) is 31.9. The Hall–Kier alpha value is -0.610. The maximum absolute atomic E-state index is 12.0. The molecule has 2 rings (SSSR count). The molecule has 0 aromatic heterocycles. The minimum Gasteiger partial charge on any atom is -0.468 e. The SMILES string of the molecule is COC(=O)C1(NC2CC2)CCC(OCC(C)C)C1. The second kappa shape index (κ2) is 5.57. The van der Waals surface area contributed by atoms with E-state index in [0.29, 0.717) is 12.0 Å². The van der Waals surface area contributed by atoms with Crippen molar-refractivity contribution in [3.8, 4) is 0 Å². The Morgan fingerprint density at radius 3 is 2.67 bits per heavy atom. The first kappa shape index (κ1) is 13.8. The molecule has 0 radical (unpaired) electrons. The average molecular weight is 255 g/mol. The molecule has 2 atom stereocenters. The van der Waals surface area contributed by atoms with Crippen molar-refractivity contribution < 1.29 is 14.3 Å². The molecule has 18 heavy (non-hydrogen) atoms. The highest BCUT2D eigenvalue weighted by Crippen LogP contribution is 2.36. The molecule has 0 aromatic carbocycles. The second-order valence-corrected chi connectivity index (χ2v) is 6.08. The van der Waals surface area contributed by atoms with Gasteiger partial charge in [0, 0.05) is 19.1 Å². The maximum Gasteiger partial charge on any atom is 0.326 e. The van der Waals surface area contributed by atoms with Gasteiger partial charge in [0.2, 0.25) is 0 Å². The lowest BCUT2D eigenvalue weighted by Crippen LogP contribution is -2.52. The predicted octanol–water partition coefficient (Wildman–Crippen LogP) is 1.88. The molecule has 2 fully saturated rings. The molecule has 2 aliphatic rings. The zero-order valence-electron chi connectivity index (χ0n) is 11.7. The molecule has 0 saturated heterocycles. The minimum atomic E-state index is -0.489. The number of nitrogens with one attached hydrogen (secondary N) is 1. The Labute approximate surface area is 109 Å². The van der Waals surface area contributed by atoms with Crippen LogP contribution < -0.4 is 5.32 Å². The molecule has 0 aromatic rings. The molecule has 2 aliphatic carbocycles. The average Bonchev–Trinajstić information content (AvgIpc) is 3.04. The van der Waals surface area contributed by atoms with Gasteiger partial charge in [-0.1, -0.05) is 13.8 Å². The third-order valence-corrected chi connectivity index (χ3v) is 3.77. The van der Waals surface area contributed by atoms with Crippen molar-refractivity contribution in [1.82, 2.24) is 5.32 Å². The van der Waals surface area contributed by atoms with Crippen molar-refractivity contribution in [1.29, 1.82) is 0 Å². The van der Waals surface area contributed by atoms with E-state index in [-0.39, 0.29) is 12.1 Å². The number of methoxy groups -OCH3 is 1. The summed E-state index contributed by atoms with van der Waals surface area (Å²) in [5.74, 6) is 0.416. The van der Waals surface area contributed by atoms with Crippen molar-refractivity contribution in [3.05, 3.63) is 0 Å². The van der Waals surface area contributed by atoms with Crippen LogP contribution in [0.3, 0.4) is 0 Å². The van der Waals surface area contributed by atoms with E-state index >= 15 is 0 Å². The van der Waals surface area contributed by atoms with E-state index in [1.807, 2.05) is 0 Å². The molecule has 104 valence electrons. The van der Waals surface area contributed by atoms with Crippen molar-refractivity contribution in [2.45, 2.75) is 63.6 Å². The monoisotopic (exact) mass is 255 g/mol. The van der Waals surface area contributed by atoms with Crippen LogP contribution in [0.4, 0.5) is 0 Å². The van der Waals surface area contributed by atoms with Crippen molar-refractivity contribution in [3.63, 3.8) is 0 Å². The van der Waals surface area contributed by atoms with Gasteiger partial charge in [0.25, 0.3) is 0 Å². The number of carbonyl (C=O) groups is 1. The van der Waals surface area contributed by atoms with Crippen molar-refractivity contribution in [2.24, 2.45) is 5.92 Å². The summed E-state index contributed by atoms with van der Waals surface area (Å²) in [6.07, 6.45) is 5.08. The van der Waals surface area contributed by atoms with E-state index < -0.39 is 5.54 Å². The van der Waals surface area contributed by atoms with Crippen LogP contribution in [0, 0.1) is 5.92 Å². The first-order valence-electron chi connectivity index (χ1n) is 7.03. The molecule has 2 unspecified atom stereocenters. The molecular formula is C14H25NO3. The molecule has 0 bridgehead atoms. The molecule has 0 spiro atoms. The fraction of sp³-hybridized carbons (Fsp3) is 0.929. The van der Waals surface area contributed by atoms with Crippen LogP contribution >= 0.6 is 0 Å². The third kappa shape index (κ3) is 3.23. The van der Waals surface area contributed by atoms with Crippen LogP contribution in [0.1, 0.15) is 46.0 Å². The van der Waals surface area contributed by atoms with E-state index in [0.717, 1.165) is 25.9 Å². The highest BCUT2D eigenvalue weighted by molar-refractivity contribution is 5.81. The summed E-state index contributed by atoms with van der Waals surface area (Å²) in [5, 5.41) is 3.48. The summed E-state index contributed by atoms with van der Waals surface area (Å²) in [5.41, 5.74) is -0.489. The second-order valence-electron chi connectivity index (χ2n) is 6.08. The molecular weight excluding hydrogens is 230 g/mol. The standard InChI is InChI=1S/C14H25NO3/c1-10(2)9-18-12-6-7-14(8-12,13(16)17-3)15-11-4-5-11/h10-12,15H,4-9H2,1-3H3. The molecule has 0 heterocycles. The largest absolute Gasteiger partial charge is 0.468 e. The van der Waals surface area contributed by atoms with Gasteiger partial charge in [0.1, 0.15) is 5.54 Å². The van der Waals surface area contributed by atoms with Gasteiger partial charge in [-0.15, -0.1) is 0 Å². The molecule has 2 saturated carbocycles. The fourth-order valence-electron chi connectivity index (χ4n) is 2.66. The number of carbonyl (C=O) groups excluding carboxylic acids is 1. The topological polar surface area (TPSA) is 47.6 Å². The zero-order valence-corrected chi connectivity index (χ0v) is 11.7.